The highest BCUT2D eigenvalue weighted by Crippen LogP contribution is 2.36. The van der Waals surface area contributed by atoms with E-state index in [0.29, 0.717) is 55.5 Å². The highest BCUT2D eigenvalue weighted by molar-refractivity contribution is 6.02. The first-order valence-corrected chi connectivity index (χ1v) is 14.3. The number of hydrogen-bond donors (Lipinski definition) is 3. The molecular formula is C30H38N4O8. The summed E-state index contributed by atoms with van der Waals surface area (Å²) in [6.45, 7) is 5.18. The number of carbonyl (C=O) groups is 3. The Balaban J connectivity index is 1.39. The van der Waals surface area contributed by atoms with Crippen LogP contribution in [0.3, 0.4) is 0 Å². The topological polar surface area (TPSA) is 139 Å². The van der Waals surface area contributed by atoms with E-state index in [1.807, 2.05) is 6.92 Å². The van der Waals surface area contributed by atoms with Gasteiger partial charge in [-0.2, -0.15) is 0 Å². The predicted octanol–water partition coefficient (Wildman–Crippen LogP) is 3.16. The molecular weight excluding hydrogens is 544 g/mol. The molecule has 0 saturated carbocycles. The molecule has 12 heteroatoms. The number of benzene rings is 2. The number of nitrogens with one attached hydrogen (secondary N) is 2. The fourth-order valence-electron chi connectivity index (χ4n) is 5.30. The molecule has 0 aliphatic carbocycles. The lowest BCUT2D eigenvalue weighted by atomic mass is 9.98. The van der Waals surface area contributed by atoms with Crippen LogP contribution in [-0.2, 0) is 9.53 Å². The summed E-state index contributed by atoms with van der Waals surface area (Å²) in [6, 6.07) is 9.43. The first-order valence-electron chi connectivity index (χ1n) is 14.3. The Labute approximate surface area is 244 Å². The molecule has 0 unspecified atom stereocenters. The first-order chi connectivity index (χ1) is 20.2. The van der Waals surface area contributed by atoms with Gasteiger partial charge in [-0.1, -0.05) is 13.0 Å². The molecule has 4 amide bonds. The number of ether oxygens (including phenoxy) is 4. The molecule has 226 valence electrons. The van der Waals surface area contributed by atoms with E-state index in [2.05, 4.69) is 10.6 Å². The minimum absolute atomic E-state index is 0.136. The van der Waals surface area contributed by atoms with Crippen LogP contribution >= 0.6 is 0 Å². The number of aliphatic hydroxyl groups excluding tert-OH is 1. The third-order valence-electron chi connectivity index (χ3n) is 7.97. The molecule has 0 radical (unpaired) electrons. The normalized spacial score (nSPS) is 21.0. The van der Waals surface area contributed by atoms with Crippen molar-refractivity contribution in [1.29, 1.82) is 0 Å². The van der Waals surface area contributed by atoms with E-state index >= 15 is 0 Å². The van der Waals surface area contributed by atoms with Gasteiger partial charge in [0.15, 0.2) is 17.2 Å². The molecule has 1 saturated heterocycles. The predicted molar refractivity (Wildman–Crippen MR) is 154 cm³/mol. The van der Waals surface area contributed by atoms with Gasteiger partial charge in [-0.05, 0) is 44.0 Å². The summed E-state index contributed by atoms with van der Waals surface area (Å²) in [6.07, 6.45) is 0.690. The second kappa shape index (κ2) is 12.9. The van der Waals surface area contributed by atoms with Crippen LogP contribution in [0.5, 0.6) is 17.2 Å². The van der Waals surface area contributed by atoms with Crippen LogP contribution in [0.25, 0.3) is 0 Å². The fraction of sp³-hybridized carbons (Fsp3) is 0.500. The third kappa shape index (κ3) is 6.39. The Morgan fingerprint density at radius 1 is 1.12 bits per heavy atom. The first kappa shape index (κ1) is 29.5. The Bertz CT molecular complexity index is 1310. The molecule has 0 spiro atoms. The van der Waals surface area contributed by atoms with E-state index in [9.17, 15) is 19.5 Å². The monoisotopic (exact) mass is 582 g/mol. The summed E-state index contributed by atoms with van der Waals surface area (Å²) in [7, 11) is 1.66. The number of amides is 4. The maximum absolute atomic E-state index is 13.7. The molecule has 3 aliphatic heterocycles. The minimum atomic E-state index is -0.543. The van der Waals surface area contributed by atoms with E-state index in [0.717, 1.165) is 0 Å². The molecule has 0 aromatic heterocycles. The van der Waals surface area contributed by atoms with Gasteiger partial charge in [0.05, 0.1) is 30.4 Å². The number of rotatable bonds is 7. The van der Waals surface area contributed by atoms with Crippen LogP contribution in [-0.4, -0.2) is 91.6 Å². The molecule has 3 N–H and O–H groups in total. The van der Waals surface area contributed by atoms with Crippen molar-refractivity contribution >= 4 is 29.2 Å². The van der Waals surface area contributed by atoms with Gasteiger partial charge in [-0.3, -0.25) is 9.59 Å². The minimum Gasteiger partial charge on any atom is -0.485 e. The molecule has 3 heterocycles. The molecule has 42 heavy (non-hydrogen) atoms. The lowest BCUT2D eigenvalue weighted by Gasteiger charge is -2.38. The maximum atomic E-state index is 13.7. The number of aliphatic hydroxyl groups is 1. The van der Waals surface area contributed by atoms with Crippen molar-refractivity contribution in [3.8, 4) is 17.2 Å². The van der Waals surface area contributed by atoms with E-state index < -0.39 is 12.1 Å². The van der Waals surface area contributed by atoms with E-state index in [1.54, 1.807) is 55.3 Å². The molecule has 1 fully saturated rings. The average Bonchev–Trinajstić information content (AvgIpc) is 3.47. The summed E-state index contributed by atoms with van der Waals surface area (Å²) in [4.78, 5) is 43.1. The van der Waals surface area contributed by atoms with Crippen molar-refractivity contribution in [2.24, 2.45) is 11.8 Å². The lowest BCUT2D eigenvalue weighted by Crippen LogP contribution is -2.50. The largest absolute Gasteiger partial charge is 0.485 e. The van der Waals surface area contributed by atoms with Gasteiger partial charge in [0, 0.05) is 50.4 Å². The standard InChI is InChI=1S/C30H38N4O8/c1-18-14-34(19(2)16-35)29(37)22-5-4-6-23(32-28(36)20-9-11-39-12-10-20)27(22)42-26(18)15-33(3)30(38)31-21-7-8-24-25(13-21)41-17-40-24/h4-8,13,18-20,26,35H,9-12,14-17H2,1-3H3,(H,31,38)(H,32,36)/t18-,19+,26-/m1/s1. The summed E-state index contributed by atoms with van der Waals surface area (Å²) >= 11 is 0. The molecule has 2 aromatic carbocycles. The number of para-hydroxylation sites is 1. The van der Waals surface area contributed by atoms with Gasteiger partial charge >= 0.3 is 6.03 Å². The van der Waals surface area contributed by atoms with Gasteiger partial charge in [0.25, 0.3) is 5.91 Å². The number of likely N-dealkylation sites (N-methyl/N-ethyl adjacent to an activating group) is 1. The van der Waals surface area contributed by atoms with Crippen LogP contribution in [0.2, 0.25) is 0 Å². The molecule has 5 rings (SSSR count). The number of hydrogen-bond acceptors (Lipinski definition) is 8. The van der Waals surface area contributed by atoms with Crippen molar-refractivity contribution in [2.45, 2.75) is 38.8 Å². The van der Waals surface area contributed by atoms with E-state index in [1.165, 1.54) is 4.90 Å². The third-order valence-corrected chi connectivity index (χ3v) is 7.97. The SMILES string of the molecule is C[C@@H]1CN([C@@H](C)CO)C(=O)c2cccc(NC(=O)C3CCOCC3)c2O[C@@H]1CN(C)C(=O)Nc1ccc2c(c1)OCO2. The smallest absolute Gasteiger partial charge is 0.321 e. The number of carbonyl (C=O) groups excluding carboxylic acids is 3. The van der Waals surface area contributed by atoms with Crippen LogP contribution < -0.4 is 24.8 Å². The van der Waals surface area contributed by atoms with Gasteiger partial charge in [-0.15, -0.1) is 0 Å². The van der Waals surface area contributed by atoms with Crippen molar-refractivity contribution in [3.05, 3.63) is 42.0 Å². The van der Waals surface area contributed by atoms with Crippen LogP contribution in [0.1, 0.15) is 37.0 Å². The quantitative estimate of drug-likeness (QED) is 0.453. The molecule has 0 bridgehead atoms. The summed E-state index contributed by atoms with van der Waals surface area (Å²) in [5.74, 6) is 0.541. The van der Waals surface area contributed by atoms with Crippen LogP contribution in [0.4, 0.5) is 16.2 Å². The second-order valence-corrected chi connectivity index (χ2v) is 11.1. The summed E-state index contributed by atoms with van der Waals surface area (Å²) < 4.78 is 22.7. The van der Waals surface area contributed by atoms with Gasteiger partial charge in [0.2, 0.25) is 12.7 Å². The van der Waals surface area contributed by atoms with Gasteiger partial charge < -0.3 is 44.5 Å². The van der Waals surface area contributed by atoms with Crippen LogP contribution in [0, 0.1) is 11.8 Å². The number of anilines is 2. The number of urea groups is 1. The Morgan fingerprint density at radius 2 is 1.88 bits per heavy atom. The average molecular weight is 583 g/mol. The molecule has 2 aromatic rings. The van der Waals surface area contributed by atoms with Gasteiger partial charge in [0.1, 0.15) is 6.10 Å². The molecule has 3 aliphatic rings. The van der Waals surface area contributed by atoms with Crippen LogP contribution in [0.15, 0.2) is 36.4 Å². The van der Waals surface area contributed by atoms with Crippen molar-refractivity contribution in [1.82, 2.24) is 9.80 Å². The second-order valence-electron chi connectivity index (χ2n) is 11.1. The molecule has 3 atom stereocenters. The zero-order chi connectivity index (χ0) is 29.8. The summed E-state index contributed by atoms with van der Waals surface area (Å²) in [5, 5.41) is 15.8. The number of fused-ring (bicyclic) bond motifs is 2. The maximum Gasteiger partial charge on any atom is 0.321 e. The van der Waals surface area contributed by atoms with Crippen molar-refractivity contribution in [3.63, 3.8) is 0 Å². The summed E-state index contributed by atoms with van der Waals surface area (Å²) in [5.41, 5.74) is 1.23. The van der Waals surface area contributed by atoms with Crippen molar-refractivity contribution < 1.29 is 38.4 Å². The highest BCUT2D eigenvalue weighted by Gasteiger charge is 2.35. The number of nitrogens with zero attached hydrogens (tertiary/aromatic N) is 2. The van der Waals surface area contributed by atoms with Gasteiger partial charge in [-0.25, -0.2) is 4.79 Å². The lowest BCUT2D eigenvalue weighted by molar-refractivity contribution is -0.122. The Hall–Kier alpha value is -4.03. The zero-order valence-corrected chi connectivity index (χ0v) is 24.1. The zero-order valence-electron chi connectivity index (χ0n) is 24.1. The fourth-order valence-corrected chi connectivity index (χ4v) is 5.30. The van der Waals surface area contributed by atoms with E-state index in [4.69, 9.17) is 18.9 Å². The highest BCUT2D eigenvalue weighted by atomic mass is 16.7. The Kier molecular flexibility index (Phi) is 9.03. The molecule has 12 nitrogen and oxygen atoms in total. The Morgan fingerprint density at radius 3 is 2.64 bits per heavy atom. The van der Waals surface area contributed by atoms with Crippen molar-refractivity contribution in [2.75, 3.05) is 57.4 Å². The van der Waals surface area contributed by atoms with E-state index in [-0.39, 0.29) is 60.9 Å².